The fraction of sp³-hybridized carbons (Fsp3) is 0.132. The van der Waals surface area contributed by atoms with E-state index in [1.807, 2.05) is 0 Å². The van der Waals surface area contributed by atoms with Gasteiger partial charge in [-0.2, -0.15) is 0 Å². The highest BCUT2D eigenvalue weighted by molar-refractivity contribution is 6.10. The predicted octanol–water partition coefficient (Wildman–Crippen LogP) is 15.4. The summed E-state index contributed by atoms with van der Waals surface area (Å²) in [5.41, 5.74) is 15.6. The molecule has 0 nitrogen and oxygen atoms in total. The number of unbranched alkanes of at least 4 members (excludes halogenated alkanes) is 1. The third-order valence-electron chi connectivity index (χ3n) is 11.0. The van der Waals surface area contributed by atoms with Crippen molar-refractivity contribution in [3.8, 4) is 44.5 Å². The summed E-state index contributed by atoms with van der Waals surface area (Å²) in [6.45, 7) is 8.88. The lowest BCUT2D eigenvalue weighted by atomic mass is 9.81. The maximum Gasteiger partial charge on any atom is -0.00295 e. The maximum absolute atomic E-state index is 2.41. The van der Waals surface area contributed by atoms with Gasteiger partial charge in [0.2, 0.25) is 0 Å². The van der Waals surface area contributed by atoms with Crippen molar-refractivity contribution in [2.24, 2.45) is 0 Å². The van der Waals surface area contributed by atoms with Gasteiger partial charge in [0.15, 0.2) is 0 Å². The predicted molar refractivity (Wildman–Crippen MR) is 233 cm³/mol. The van der Waals surface area contributed by atoms with Gasteiger partial charge in [-0.3, -0.25) is 0 Å². The molecule has 0 atom stereocenters. The molecule has 53 heavy (non-hydrogen) atoms. The van der Waals surface area contributed by atoms with E-state index in [4.69, 9.17) is 0 Å². The van der Waals surface area contributed by atoms with E-state index in [0.717, 1.165) is 6.42 Å². The molecule has 0 amide bonds. The fourth-order valence-corrected chi connectivity index (χ4v) is 8.00. The summed E-state index contributed by atoms with van der Waals surface area (Å²) in [5.74, 6) is 0. The van der Waals surface area contributed by atoms with E-state index >= 15 is 0 Å². The van der Waals surface area contributed by atoms with Gasteiger partial charge in [-0.25, -0.2) is 0 Å². The largest absolute Gasteiger partial charge is 0.0801 e. The van der Waals surface area contributed by atoms with E-state index in [1.165, 1.54) is 112 Å². The van der Waals surface area contributed by atoms with E-state index in [0.29, 0.717) is 0 Å². The van der Waals surface area contributed by atoms with Crippen molar-refractivity contribution in [1.82, 2.24) is 0 Å². The van der Waals surface area contributed by atoms with Crippen LogP contribution in [0.2, 0.25) is 0 Å². The first-order chi connectivity index (χ1) is 26.1. The molecule has 0 heterocycles. The Hall–Kier alpha value is -5.98. The molecule has 0 unspecified atom stereocenters. The summed E-state index contributed by atoms with van der Waals surface area (Å²) in [4.78, 5) is 0. The molecular formula is C53H46. The molecule has 8 aromatic carbocycles. The van der Waals surface area contributed by atoms with Crippen molar-refractivity contribution in [1.29, 1.82) is 0 Å². The molecule has 8 aromatic rings. The first kappa shape index (κ1) is 34.1. The number of aryl methyl sites for hydroxylation is 2. The van der Waals surface area contributed by atoms with E-state index < -0.39 is 0 Å². The van der Waals surface area contributed by atoms with Gasteiger partial charge in [0.05, 0.1) is 0 Å². The van der Waals surface area contributed by atoms with E-state index in [-0.39, 0.29) is 0 Å². The van der Waals surface area contributed by atoms with E-state index in [1.54, 1.807) is 0 Å². The molecule has 0 aromatic heterocycles. The molecule has 0 N–H and O–H groups in total. The van der Waals surface area contributed by atoms with Crippen LogP contribution in [0.5, 0.6) is 0 Å². The van der Waals surface area contributed by atoms with Crippen LogP contribution in [0, 0.1) is 13.8 Å². The second-order valence-corrected chi connectivity index (χ2v) is 14.3. The Kier molecular flexibility index (Phi) is 9.62. The van der Waals surface area contributed by atoms with Crippen LogP contribution in [0.15, 0.2) is 164 Å². The highest BCUT2D eigenvalue weighted by Gasteiger charge is 2.21. The monoisotopic (exact) mass is 682 g/mol. The second kappa shape index (κ2) is 14.9. The molecule has 258 valence electrons. The Labute approximate surface area is 314 Å². The minimum absolute atomic E-state index is 0.884. The Morgan fingerprint density at radius 3 is 1.77 bits per heavy atom. The SMILES string of the molecule is CCCC.Cc1cc(-c2c3c(c(-c4ccc(-c5ccc6ccccc6c5)cc4)c4ccccc24)C=CC=CC3)ccc1-c1ccc2ccccc2c1C. The lowest BCUT2D eigenvalue weighted by Crippen LogP contribution is -1.99. The van der Waals surface area contributed by atoms with Gasteiger partial charge in [0.1, 0.15) is 0 Å². The molecule has 0 heteroatoms. The van der Waals surface area contributed by atoms with Crippen molar-refractivity contribution >= 4 is 38.4 Å². The summed E-state index contributed by atoms with van der Waals surface area (Å²) in [7, 11) is 0. The highest BCUT2D eigenvalue weighted by atomic mass is 14.2. The number of allylic oxidation sites excluding steroid dienone is 3. The smallest absolute Gasteiger partial charge is 0.00295 e. The van der Waals surface area contributed by atoms with Gasteiger partial charge in [-0.05, 0) is 125 Å². The summed E-state index contributed by atoms with van der Waals surface area (Å²) in [6.07, 6.45) is 12.5. The second-order valence-electron chi connectivity index (χ2n) is 14.3. The molecular weight excluding hydrogens is 637 g/mol. The van der Waals surface area contributed by atoms with Gasteiger partial charge in [0.25, 0.3) is 0 Å². The Balaban J connectivity index is 0.000000954. The average molecular weight is 683 g/mol. The van der Waals surface area contributed by atoms with Crippen molar-refractivity contribution < 1.29 is 0 Å². The minimum atomic E-state index is 0.884. The number of rotatable bonds is 5. The maximum atomic E-state index is 2.41. The van der Waals surface area contributed by atoms with Gasteiger partial charge in [-0.1, -0.05) is 191 Å². The van der Waals surface area contributed by atoms with Crippen LogP contribution in [0.4, 0.5) is 0 Å². The average Bonchev–Trinajstić information content (AvgIpc) is 3.46. The van der Waals surface area contributed by atoms with Crippen molar-refractivity contribution in [3.63, 3.8) is 0 Å². The lowest BCUT2D eigenvalue weighted by Gasteiger charge is -2.22. The quantitative estimate of drug-likeness (QED) is 0.169. The van der Waals surface area contributed by atoms with Crippen LogP contribution < -0.4 is 0 Å². The summed E-state index contributed by atoms with van der Waals surface area (Å²) < 4.78 is 0. The molecule has 0 bridgehead atoms. The zero-order valence-electron chi connectivity index (χ0n) is 31.3. The molecule has 1 aliphatic rings. The zero-order chi connectivity index (χ0) is 36.3. The molecule has 0 spiro atoms. The van der Waals surface area contributed by atoms with Crippen molar-refractivity contribution in [2.45, 2.75) is 47.0 Å². The summed E-state index contributed by atoms with van der Waals surface area (Å²) in [5, 5.41) is 7.73. The third-order valence-corrected chi connectivity index (χ3v) is 11.0. The minimum Gasteiger partial charge on any atom is -0.0801 e. The fourth-order valence-electron chi connectivity index (χ4n) is 8.00. The van der Waals surface area contributed by atoms with Crippen LogP contribution >= 0.6 is 0 Å². The topological polar surface area (TPSA) is 0 Å². The standard InChI is InChI=1S/C49H36.C4H10/c1-32-30-40(27-28-41(32)43-29-26-36-13-8-9-15-42(36)33(43)2)49-46-17-5-3-4-16-44(46)48(45-18-10-11-19-47(45)49)37-23-20-35(21-24-37)39-25-22-34-12-6-7-14-38(34)31-39;1-3-4-2/h3-16,18-31H,17H2,1-2H3;3-4H2,1-2H3. The zero-order valence-corrected chi connectivity index (χ0v) is 31.3. The molecule has 0 fully saturated rings. The number of hydrogen-bond acceptors (Lipinski definition) is 0. The Bertz CT molecular complexity index is 2660. The highest BCUT2D eigenvalue weighted by Crippen LogP contribution is 2.45. The van der Waals surface area contributed by atoms with Crippen molar-refractivity contribution in [2.75, 3.05) is 0 Å². The molecule has 0 aliphatic heterocycles. The number of benzene rings is 8. The van der Waals surface area contributed by atoms with Crippen LogP contribution in [-0.2, 0) is 6.42 Å². The Morgan fingerprint density at radius 2 is 1.04 bits per heavy atom. The number of hydrogen-bond donors (Lipinski definition) is 0. The van der Waals surface area contributed by atoms with Gasteiger partial charge < -0.3 is 0 Å². The molecule has 0 saturated heterocycles. The lowest BCUT2D eigenvalue weighted by molar-refractivity contribution is 0.886. The third kappa shape index (κ3) is 6.51. The Morgan fingerprint density at radius 1 is 0.453 bits per heavy atom. The molecule has 0 saturated carbocycles. The summed E-state index contributed by atoms with van der Waals surface area (Å²) >= 11 is 0. The molecule has 9 rings (SSSR count). The van der Waals surface area contributed by atoms with Crippen LogP contribution in [0.3, 0.4) is 0 Å². The van der Waals surface area contributed by atoms with E-state index in [9.17, 15) is 0 Å². The van der Waals surface area contributed by atoms with E-state index in [2.05, 4.69) is 198 Å². The number of fused-ring (bicyclic) bond motifs is 4. The van der Waals surface area contributed by atoms with Gasteiger partial charge in [0, 0.05) is 0 Å². The van der Waals surface area contributed by atoms with Crippen LogP contribution in [0.1, 0.15) is 48.9 Å². The van der Waals surface area contributed by atoms with Crippen molar-refractivity contribution in [3.05, 3.63) is 186 Å². The van der Waals surface area contributed by atoms with Gasteiger partial charge in [-0.15, -0.1) is 0 Å². The summed E-state index contributed by atoms with van der Waals surface area (Å²) in [6, 6.07) is 53.8. The first-order valence-corrected chi connectivity index (χ1v) is 19.2. The van der Waals surface area contributed by atoms with Crippen LogP contribution in [0.25, 0.3) is 82.9 Å². The van der Waals surface area contributed by atoms with Crippen LogP contribution in [-0.4, -0.2) is 0 Å². The molecule has 1 aliphatic carbocycles. The van der Waals surface area contributed by atoms with Gasteiger partial charge >= 0.3 is 0 Å². The molecule has 0 radical (unpaired) electrons. The first-order valence-electron chi connectivity index (χ1n) is 19.2. The normalized spacial score (nSPS) is 12.1.